The van der Waals surface area contributed by atoms with Gasteiger partial charge in [-0.05, 0) is 52.2 Å². The van der Waals surface area contributed by atoms with Gasteiger partial charge in [0.25, 0.3) is 0 Å². The predicted octanol–water partition coefficient (Wildman–Crippen LogP) is 3.02. The Balaban J connectivity index is 1.89. The number of carbonyl (C=O) groups excluding carboxylic acids is 3. The highest BCUT2D eigenvalue weighted by atomic mass is 16.5. The quantitative estimate of drug-likeness (QED) is 0.626. The monoisotopic (exact) mass is 485 g/mol. The van der Waals surface area contributed by atoms with Gasteiger partial charge in [0, 0.05) is 51.0 Å². The summed E-state index contributed by atoms with van der Waals surface area (Å²) in [4.78, 5) is 44.4. The largest absolute Gasteiger partial charge is 0.463 e. The van der Waals surface area contributed by atoms with Crippen molar-refractivity contribution in [2.24, 2.45) is 0 Å². The standard InChI is InChI=1S/C26H39N5O4/c1-7-35-23(32)21-20(29(6)24(33)27-22(21)19-12-9-8-11-18(19)2)17-30-13-10-14-31(16-15-30)25(34)28-26(3,4)5/h8-9,11-12,22H,7,10,13-17H2,1-6H3,(H,27,33)(H,28,34)/t22-/m1/s1. The molecule has 2 N–H and O–H groups in total. The third kappa shape index (κ3) is 6.54. The Hall–Kier alpha value is -3.07. The molecule has 2 aliphatic rings. The fourth-order valence-electron chi connectivity index (χ4n) is 4.49. The highest BCUT2D eigenvalue weighted by Gasteiger charge is 2.38. The first-order valence-electron chi connectivity index (χ1n) is 12.3. The topological polar surface area (TPSA) is 94.2 Å². The first-order valence-corrected chi connectivity index (χ1v) is 12.3. The average Bonchev–Trinajstić information content (AvgIpc) is 3.02. The van der Waals surface area contributed by atoms with Crippen molar-refractivity contribution in [3.05, 3.63) is 46.7 Å². The van der Waals surface area contributed by atoms with Crippen LogP contribution in [0.4, 0.5) is 9.59 Å². The van der Waals surface area contributed by atoms with Gasteiger partial charge in [0.2, 0.25) is 0 Å². The molecule has 0 spiro atoms. The number of rotatable bonds is 5. The predicted molar refractivity (Wildman–Crippen MR) is 135 cm³/mol. The summed E-state index contributed by atoms with van der Waals surface area (Å²) in [6.45, 7) is 12.9. The van der Waals surface area contributed by atoms with Crippen molar-refractivity contribution in [3.8, 4) is 0 Å². The zero-order valence-electron chi connectivity index (χ0n) is 21.8. The molecule has 4 amide bonds. The normalized spacial score (nSPS) is 19.8. The second kappa shape index (κ2) is 11.1. The van der Waals surface area contributed by atoms with Gasteiger partial charge in [-0.2, -0.15) is 0 Å². The molecule has 35 heavy (non-hydrogen) atoms. The Labute approximate surface area is 208 Å². The van der Waals surface area contributed by atoms with Crippen LogP contribution in [0.15, 0.2) is 35.5 Å². The lowest BCUT2D eigenvalue weighted by Crippen LogP contribution is -2.50. The van der Waals surface area contributed by atoms with E-state index in [1.165, 1.54) is 4.90 Å². The molecule has 0 aromatic heterocycles. The molecule has 9 heteroatoms. The van der Waals surface area contributed by atoms with E-state index in [9.17, 15) is 14.4 Å². The van der Waals surface area contributed by atoms with E-state index in [-0.39, 0.29) is 24.2 Å². The van der Waals surface area contributed by atoms with Crippen LogP contribution in [-0.4, -0.2) is 84.6 Å². The van der Waals surface area contributed by atoms with Gasteiger partial charge in [-0.25, -0.2) is 14.4 Å². The van der Waals surface area contributed by atoms with Crippen molar-refractivity contribution in [1.82, 2.24) is 25.3 Å². The lowest BCUT2D eigenvalue weighted by atomic mass is 9.91. The second-order valence-corrected chi connectivity index (χ2v) is 10.2. The first kappa shape index (κ1) is 26.5. The minimum atomic E-state index is -0.588. The molecule has 0 bridgehead atoms. The molecule has 0 aliphatic carbocycles. The van der Waals surface area contributed by atoms with Crippen LogP contribution in [0.3, 0.4) is 0 Å². The van der Waals surface area contributed by atoms with Gasteiger partial charge in [-0.3, -0.25) is 9.80 Å². The molecule has 3 rings (SSSR count). The molecule has 1 atom stereocenters. The van der Waals surface area contributed by atoms with Gasteiger partial charge in [-0.1, -0.05) is 24.3 Å². The van der Waals surface area contributed by atoms with E-state index in [1.807, 2.05) is 56.9 Å². The molecule has 9 nitrogen and oxygen atoms in total. The molecular formula is C26H39N5O4. The Kier molecular flexibility index (Phi) is 8.43. The third-order valence-electron chi connectivity index (χ3n) is 6.30. The summed E-state index contributed by atoms with van der Waals surface area (Å²) in [5.74, 6) is -0.427. The maximum atomic E-state index is 13.2. The fraction of sp³-hybridized carbons (Fsp3) is 0.577. The molecule has 1 fully saturated rings. The van der Waals surface area contributed by atoms with Crippen LogP contribution in [0.25, 0.3) is 0 Å². The van der Waals surface area contributed by atoms with Gasteiger partial charge in [0.15, 0.2) is 0 Å². The Morgan fingerprint density at radius 2 is 1.86 bits per heavy atom. The number of hydrogen-bond donors (Lipinski definition) is 2. The Bertz CT molecular complexity index is 984. The van der Waals surface area contributed by atoms with Gasteiger partial charge in [-0.15, -0.1) is 0 Å². The summed E-state index contributed by atoms with van der Waals surface area (Å²) in [6, 6.07) is 6.82. The lowest BCUT2D eigenvalue weighted by Gasteiger charge is -2.37. The highest BCUT2D eigenvalue weighted by molar-refractivity contribution is 5.95. The van der Waals surface area contributed by atoms with Gasteiger partial charge in [0.05, 0.1) is 18.2 Å². The summed E-state index contributed by atoms with van der Waals surface area (Å²) < 4.78 is 5.44. The van der Waals surface area contributed by atoms with E-state index in [2.05, 4.69) is 15.5 Å². The van der Waals surface area contributed by atoms with E-state index in [4.69, 9.17) is 4.74 Å². The van der Waals surface area contributed by atoms with Gasteiger partial charge >= 0.3 is 18.0 Å². The molecule has 1 aromatic rings. The van der Waals surface area contributed by atoms with Crippen LogP contribution in [-0.2, 0) is 9.53 Å². The third-order valence-corrected chi connectivity index (χ3v) is 6.30. The van der Waals surface area contributed by atoms with E-state index in [0.717, 1.165) is 24.1 Å². The smallest absolute Gasteiger partial charge is 0.338 e. The number of nitrogens with zero attached hydrogens (tertiary/aromatic N) is 3. The summed E-state index contributed by atoms with van der Waals surface area (Å²) in [5, 5.41) is 6.01. The van der Waals surface area contributed by atoms with Crippen molar-refractivity contribution in [1.29, 1.82) is 0 Å². The molecule has 1 saturated heterocycles. The number of nitrogens with one attached hydrogen (secondary N) is 2. The average molecular weight is 486 g/mol. The second-order valence-electron chi connectivity index (χ2n) is 10.2. The van der Waals surface area contributed by atoms with Crippen molar-refractivity contribution in [2.75, 3.05) is 46.4 Å². The summed E-state index contributed by atoms with van der Waals surface area (Å²) in [7, 11) is 1.68. The van der Waals surface area contributed by atoms with Crippen LogP contribution in [0, 0.1) is 6.92 Å². The number of likely N-dealkylation sites (N-methyl/N-ethyl adjacent to an activating group) is 1. The highest BCUT2D eigenvalue weighted by Crippen LogP contribution is 2.33. The minimum Gasteiger partial charge on any atom is -0.463 e. The van der Waals surface area contributed by atoms with E-state index < -0.39 is 12.0 Å². The van der Waals surface area contributed by atoms with Crippen LogP contribution >= 0.6 is 0 Å². The van der Waals surface area contributed by atoms with E-state index in [1.54, 1.807) is 14.0 Å². The van der Waals surface area contributed by atoms with Crippen LogP contribution in [0.1, 0.15) is 51.3 Å². The summed E-state index contributed by atoms with van der Waals surface area (Å²) in [5.41, 5.74) is 2.64. The number of benzene rings is 1. The SMILES string of the molecule is CCOC(=O)C1=C(CN2CCCN(C(=O)NC(C)(C)C)CC2)N(C)C(=O)N[C@@H]1c1ccccc1C. The molecule has 0 radical (unpaired) electrons. The summed E-state index contributed by atoms with van der Waals surface area (Å²) in [6.07, 6.45) is 0.802. The van der Waals surface area contributed by atoms with E-state index in [0.29, 0.717) is 37.4 Å². The number of aryl methyl sites for hydroxylation is 1. The Morgan fingerprint density at radius 3 is 2.51 bits per heavy atom. The molecule has 2 aliphatic heterocycles. The molecule has 0 unspecified atom stereocenters. The molecule has 192 valence electrons. The van der Waals surface area contributed by atoms with Crippen molar-refractivity contribution in [3.63, 3.8) is 0 Å². The number of amides is 4. The van der Waals surface area contributed by atoms with Crippen molar-refractivity contribution < 1.29 is 19.1 Å². The molecule has 1 aromatic carbocycles. The van der Waals surface area contributed by atoms with Crippen molar-refractivity contribution in [2.45, 2.75) is 52.6 Å². The van der Waals surface area contributed by atoms with Crippen molar-refractivity contribution >= 4 is 18.0 Å². The minimum absolute atomic E-state index is 0.0699. The summed E-state index contributed by atoms with van der Waals surface area (Å²) >= 11 is 0. The number of hydrogen-bond acceptors (Lipinski definition) is 5. The molecular weight excluding hydrogens is 446 g/mol. The zero-order valence-corrected chi connectivity index (χ0v) is 21.8. The maximum absolute atomic E-state index is 13.2. The number of urea groups is 2. The Morgan fingerprint density at radius 1 is 1.14 bits per heavy atom. The molecule has 2 heterocycles. The van der Waals surface area contributed by atoms with E-state index >= 15 is 0 Å². The zero-order chi connectivity index (χ0) is 25.8. The fourth-order valence-corrected chi connectivity index (χ4v) is 4.49. The number of ether oxygens (including phenoxy) is 1. The van der Waals surface area contributed by atoms with Crippen LogP contribution in [0.2, 0.25) is 0 Å². The van der Waals surface area contributed by atoms with Gasteiger partial charge < -0.3 is 20.3 Å². The maximum Gasteiger partial charge on any atom is 0.338 e. The lowest BCUT2D eigenvalue weighted by molar-refractivity contribution is -0.139. The number of carbonyl (C=O) groups is 3. The molecule has 0 saturated carbocycles. The number of esters is 1. The first-order chi connectivity index (χ1) is 16.5. The van der Waals surface area contributed by atoms with Gasteiger partial charge in [0.1, 0.15) is 0 Å². The van der Waals surface area contributed by atoms with Crippen LogP contribution < -0.4 is 10.6 Å². The van der Waals surface area contributed by atoms with Crippen LogP contribution in [0.5, 0.6) is 0 Å².